The topological polar surface area (TPSA) is 74.8 Å². The summed E-state index contributed by atoms with van der Waals surface area (Å²) in [6.07, 6.45) is 1.59. The standard InChI is InChI=1S/C19H26N4O3S/c1-15(2)26-17-5-7-18(8-6-17)27(24,25)21-16-4-9-19(20-14-16)23-12-10-22(3)11-13-23/h4-9,14-15,21H,10-13H2,1-3H3. The van der Waals surface area contributed by atoms with Gasteiger partial charge in [-0.2, -0.15) is 0 Å². The highest BCUT2D eigenvalue weighted by atomic mass is 32.2. The second-order valence-corrected chi connectivity index (χ2v) is 8.62. The third-order valence-corrected chi connectivity index (χ3v) is 5.73. The van der Waals surface area contributed by atoms with Gasteiger partial charge in [-0.1, -0.05) is 0 Å². The quantitative estimate of drug-likeness (QED) is 0.817. The van der Waals surface area contributed by atoms with Crippen molar-refractivity contribution >= 4 is 21.5 Å². The second-order valence-electron chi connectivity index (χ2n) is 6.94. The molecule has 1 fully saturated rings. The third kappa shape index (κ3) is 5.11. The molecule has 1 saturated heterocycles. The highest BCUT2D eigenvalue weighted by Gasteiger charge is 2.17. The number of benzene rings is 1. The molecule has 0 amide bonds. The number of nitrogens with zero attached hydrogens (tertiary/aromatic N) is 3. The Morgan fingerprint density at radius 1 is 1.04 bits per heavy atom. The van der Waals surface area contributed by atoms with Crippen molar-refractivity contribution < 1.29 is 13.2 Å². The van der Waals surface area contributed by atoms with E-state index >= 15 is 0 Å². The van der Waals surface area contributed by atoms with E-state index in [0.29, 0.717) is 11.4 Å². The molecule has 0 spiro atoms. The molecule has 27 heavy (non-hydrogen) atoms. The molecule has 146 valence electrons. The summed E-state index contributed by atoms with van der Waals surface area (Å²) in [5.41, 5.74) is 0.440. The molecule has 0 saturated carbocycles. The van der Waals surface area contributed by atoms with Crippen molar-refractivity contribution in [3.05, 3.63) is 42.6 Å². The highest BCUT2D eigenvalue weighted by Crippen LogP contribution is 2.21. The van der Waals surface area contributed by atoms with Crippen molar-refractivity contribution in [2.24, 2.45) is 0 Å². The van der Waals surface area contributed by atoms with Gasteiger partial charge in [-0.3, -0.25) is 4.72 Å². The number of ether oxygens (including phenoxy) is 1. The van der Waals surface area contributed by atoms with Gasteiger partial charge in [0.15, 0.2) is 0 Å². The maximum atomic E-state index is 12.6. The van der Waals surface area contributed by atoms with Gasteiger partial charge in [-0.25, -0.2) is 13.4 Å². The van der Waals surface area contributed by atoms with E-state index in [2.05, 4.69) is 26.6 Å². The average molecular weight is 391 g/mol. The predicted octanol–water partition coefficient (Wildman–Crippen LogP) is 2.42. The van der Waals surface area contributed by atoms with E-state index in [1.165, 1.54) is 12.1 Å². The van der Waals surface area contributed by atoms with Gasteiger partial charge in [0.2, 0.25) is 0 Å². The molecule has 7 nitrogen and oxygen atoms in total. The van der Waals surface area contributed by atoms with Crippen LogP contribution in [0.15, 0.2) is 47.5 Å². The summed E-state index contributed by atoms with van der Waals surface area (Å²) in [5, 5.41) is 0. The Hall–Kier alpha value is -2.32. The van der Waals surface area contributed by atoms with Crippen LogP contribution in [0.1, 0.15) is 13.8 Å². The molecule has 0 radical (unpaired) electrons. The Morgan fingerprint density at radius 3 is 2.26 bits per heavy atom. The fourth-order valence-electron chi connectivity index (χ4n) is 2.85. The van der Waals surface area contributed by atoms with E-state index in [1.54, 1.807) is 24.4 Å². The van der Waals surface area contributed by atoms with Crippen LogP contribution in [-0.2, 0) is 10.0 Å². The summed E-state index contributed by atoms with van der Waals surface area (Å²) in [6.45, 7) is 7.66. The normalized spacial score (nSPS) is 15.8. The molecule has 3 rings (SSSR count). The first-order valence-corrected chi connectivity index (χ1v) is 10.5. The van der Waals surface area contributed by atoms with Gasteiger partial charge in [-0.05, 0) is 57.3 Å². The molecule has 0 atom stereocenters. The minimum Gasteiger partial charge on any atom is -0.491 e. The summed E-state index contributed by atoms with van der Waals surface area (Å²) >= 11 is 0. The number of hydrogen-bond acceptors (Lipinski definition) is 6. The first-order chi connectivity index (χ1) is 12.8. The molecule has 0 unspecified atom stereocenters. The fourth-order valence-corrected chi connectivity index (χ4v) is 3.90. The summed E-state index contributed by atoms with van der Waals surface area (Å²) < 4.78 is 33.2. The van der Waals surface area contributed by atoms with E-state index in [1.807, 2.05) is 19.9 Å². The zero-order valence-corrected chi connectivity index (χ0v) is 16.7. The van der Waals surface area contributed by atoms with E-state index in [9.17, 15) is 8.42 Å². The van der Waals surface area contributed by atoms with Crippen LogP contribution < -0.4 is 14.4 Å². The van der Waals surface area contributed by atoms with Gasteiger partial charge in [0.1, 0.15) is 11.6 Å². The number of pyridine rings is 1. The van der Waals surface area contributed by atoms with Gasteiger partial charge < -0.3 is 14.5 Å². The fraction of sp³-hybridized carbons (Fsp3) is 0.421. The van der Waals surface area contributed by atoms with Gasteiger partial charge >= 0.3 is 0 Å². The number of likely N-dealkylation sites (N-methyl/N-ethyl adjacent to an activating group) is 1. The van der Waals surface area contributed by atoms with Crippen molar-refractivity contribution in [3.63, 3.8) is 0 Å². The molecule has 2 heterocycles. The Bertz CT molecular complexity index is 844. The highest BCUT2D eigenvalue weighted by molar-refractivity contribution is 7.92. The van der Waals surface area contributed by atoms with Crippen molar-refractivity contribution in [2.45, 2.75) is 24.8 Å². The number of sulfonamides is 1. The van der Waals surface area contributed by atoms with E-state index in [4.69, 9.17) is 4.74 Å². The number of aromatic nitrogens is 1. The Balaban J connectivity index is 1.66. The molecule has 1 aliphatic rings. The number of anilines is 2. The van der Waals surface area contributed by atoms with E-state index < -0.39 is 10.0 Å². The van der Waals surface area contributed by atoms with Crippen LogP contribution >= 0.6 is 0 Å². The molecule has 0 aliphatic carbocycles. The van der Waals surface area contributed by atoms with E-state index in [-0.39, 0.29) is 11.0 Å². The van der Waals surface area contributed by atoms with Crippen LogP contribution in [-0.4, -0.2) is 57.6 Å². The van der Waals surface area contributed by atoms with Crippen molar-refractivity contribution in [1.82, 2.24) is 9.88 Å². The number of nitrogens with one attached hydrogen (secondary N) is 1. The van der Waals surface area contributed by atoms with Crippen molar-refractivity contribution in [1.29, 1.82) is 0 Å². The predicted molar refractivity (Wildman–Crippen MR) is 107 cm³/mol. The molecule has 1 N–H and O–H groups in total. The monoisotopic (exact) mass is 390 g/mol. The summed E-state index contributed by atoms with van der Waals surface area (Å²) in [7, 11) is -1.57. The minimum absolute atomic E-state index is 0.0375. The van der Waals surface area contributed by atoms with Crippen LogP contribution in [0.4, 0.5) is 11.5 Å². The second kappa shape index (κ2) is 8.14. The number of hydrogen-bond donors (Lipinski definition) is 1. The largest absolute Gasteiger partial charge is 0.491 e. The third-order valence-electron chi connectivity index (χ3n) is 4.33. The van der Waals surface area contributed by atoms with Crippen LogP contribution in [0, 0.1) is 0 Å². The molecule has 1 aromatic heterocycles. The maximum Gasteiger partial charge on any atom is 0.261 e. The molecule has 2 aromatic rings. The first-order valence-electron chi connectivity index (χ1n) is 9.02. The minimum atomic E-state index is -3.67. The van der Waals surface area contributed by atoms with Crippen LogP contribution in [0.5, 0.6) is 5.75 Å². The van der Waals surface area contributed by atoms with Gasteiger partial charge in [0.05, 0.1) is 22.9 Å². The zero-order chi connectivity index (χ0) is 19.4. The molecular formula is C19H26N4O3S. The van der Waals surface area contributed by atoms with Crippen molar-refractivity contribution in [3.8, 4) is 5.75 Å². The van der Waals surface area contributed by atoms with E-state index in [0.717, 1.165) is 32.0 Å². The zero-order valence-electron chi connectivity index (χ0n) is 15.9. The molecule has 1 aromatic carbocycles. The summed E-state index contributed by atoms with van der Waals surface area (Å²) in [6, 6.07) is 9.97. The molecular weight excluding hydrogens is 364 g/mol. The van der Waals surface area contributed by atoms with Crippen LogP contribution in [0.25, 0.3) is 0 Å². The lowest BCUT2D eigenvalue weighted by Crippen LogP contribution is -2.44. The Labute approximate surface area is 161 Å². The Morgan fingerprint density at radius 2 is 1.70 bits per heavy atom. The first kappa shape index (κ1) is 19.4. The number of rotatable bonds is 6. The van der Waals surface area contributed by atoms with Crippen molar-refractivity contribution in [2.75, 3.05) is 42.8 Å². The lowest BCUT2D eigenvalue weighted by molar-refractivity contribution is 0.242. The van der Waals surface area contributed by atoms with Gasteiger partial charge in [0.25, 0.3) is 10.0 Å². The SMILES string of the molecule is CC(C)Oc1ccc(S(=O)(=O)Nc2ccc(N3CCN(C)CC3)nc2)cc1. The lowest BCUT2D eigenvalue weighted by Gasteiger charge is -2.33. The lowest BCUT2D eigenvalue weighted by atomic mass is 10.3. The summed E-state index contributed by atoms with van der Waals surface area (Å²) in [5.74, 6) is 1.50. The Kier molecular flexibility index (Phi) is 5.86. The number of piperazine rings is 1. The average Bonchev–Trinajstić information content (AvgIpc) is 2.63. The van der Waals surface area contributed by atoms with Gasteiger partial charge in [-0.15, -0.1) is 0 Å². The summed E-state index contributed by atoms with van der Waals surface area (Å²) in [4.78, 5) is 9.07. The molecule has 1 aliphatic heterocycles. The molecule has 0 bridgehead atoms. The molecule has 8 heteroatoms. The van der Waals surface area contributed by atoms with Gasteiger partial charge in [0, 0.05) is 26.2 Å². The van der Waals surface area contributed by atoms with Crippen LogP contribution in [0.2, 0.25) is 0 Å². The smallest absolute Gasteiger partial charge is 0.261 e. The van der Waals surface area contributed by atoms with Crippen LogP contribution in [0.3, 0.4) is 0 Å². The maximum absolute atomic E-state index is 12.6.